The molecule has 2 atom stereocenters. The van der Waals surface area contributed by atoms with Gasteiger partial charge in [-0.2, -0.15) is 0 Å². The average molecular weight is 457 g/mol. The van der Waals surface area contributed by atoms with Gasteiger partial charge in [0, 0.05) is 23.6 Å². The Kier molecular flexibility index (Phi) is 8.54. The summed E-state index contributed by atoms with van der Waals surface area (Å²) in [5, 5.41) is 11.4. The summed E-state index contributed by atoms with van der Waals surface area (Å²) in [6.45, 7) is 7.59. The molecule has 1 saturated heterocycles. The van der Waals surface area contributed by atoms with Gasteiger partial charge in [0.2, 0.25) is 5.91 Å². The first-order valence-corrected chi connectivity index (χ1v) is 9.83. The first-order chi connectivity index (χ1) is 11.6. The van der Waals surface area contributed by atoms with Crippen LogP contribution < -0.4 is 34.7 Å². The topological polar surface area (TPSA) is 90.0 Å². The minimum Gasteiger partial charge on any atom is -0.543 e. The van der Waals surface area contributed by atoms with E-state index in [1.54, 1.807) is 20.8 Å². The Morgan fingerprint density at radius 3 is 2.54 bits per heavy atom. The number of ether oxygens (including phenoxy) is 1. The van der Waals surface area contributed by atoms with Crippen molar-refractivity contribution in [3.8, 4) is 0 Å². The minimum atomic E-state index is -1.32. The van der Waals surface area contributed by atoms with Crippen molar-refractivity contribution in [2.45, 2.75) is 52.2 Å². The van der Waals surface area contributed by atoms with E-state index in [1.165, 1.54) is 20.6 Å². The largest absolute Gasteiger partial charge is 1.00 e. The van der Waals surface area contributed by atoms with Crippen LogP contribution in [0.2, 0.25) is 0 Å². The molecule has 0 radical (unpaired) electrons. The predicted molar refractivity (Wildman–Crippen MR) is 95.4 cm³/mol. The number of carbonyl (C=O) groups is 3. The molecule has 0 bridgehead atoms. The zero-order chi connectivity index (χ0) is 18.9. The molecule has 0 aliphatic carbocycles. The fourth-order valence-corrected chi connectivity index (χ4v) is 4.58. The number of amides is 2. The molecule has 2 unspecified atom stereocenters. The quantitative estimate of drug-likeness (QED) is 0.285. The zero-order valence-electron chi connectivity index (χ0n) is 15.7. The molecule has 0 spiro atoms. The van der Waals surface area contributed by atoms with Crippen LogP contribution in [0.1, 0.15) is 40.5 Å². The number of rotatable bonds is 6. The van der Waals surface area contributed by atoms with E-state index < -0.39 is 17.7 Å². The molecule has 1 fully saturated rings. The van der Waals surface area contributed by atoms with Crippen molar-refractivity contribution >= 4 is 45.9 Å². The van der Waals surface area contributed by atoms with Gasteiger partial charge in [0.1, 0.15) is 5.60 Å². The molecule has 10 heteroatoms. The number of aliphatic carboxylic acids is 1. The van der Waals surface area contributed by atoms with E-state index in [2.05, 4.69) is 16.1 Å². The van der Waals surface area contributed by atoms with Crippen LogP contribution in [-0.4, -0.2) is 50.7 Å². The van der Waals surface area contributed by atoms with E-state index in [0.29, 0.717) is 30.0 Å². The monoisotopic (exact) mass is 456 g/mol. The van der Waals surface area contributed by atoms with E-state index in [-0.39, 0.29) is 53.1 Å². The van der Waals surface area contributed by atoms with Crippen LogP contribution >= 0.6 is 27.9 Å². The van der Waals surface area contributed by atoms with Crippen molar-refractivity contribution in [1.82, 2.24) is 8.83 Å². The van der Waals surface area contributed by atoms with Crippen molar-refractivity contribution in [2.75, 3.05) is 12.3 Å². The molecule has 0 aromatic rings. The van der Waals surface area contributed by atoms with Crippen LogP contribution in [0.25, 0.3) is 0 Å². The van der Waals surface area contributed by atoms with Crippen molar-refractivity contribution in [2.24, 2.45) is 5.92 Å². The number of carbonyl (C=O) groups excluding carboxylic acids is 3. The number of carboxylic acid groups (broad SMARTS) is 1. The van der Waals surface area contributed by atoms with Gasteiger partial charge in [-0.25, -0.2) is 8.72 Å². The van der Waals surface area contributed by atoms with Crippen LogP contribution in [0, 0.1) is 5.92 Å². The van der Waals surface area contributed by atoms with Crippen molar-refractivity contribution in [3.63, 3.8) is 0 Å². The molecule has 2 rings (SSSR count). The van der Waals surface area contributed by atoms with E-state index in [0.717, 1.165) is 0 Å². The molecular formula is C16H22BrN2NaO5S. The maximum atomic E-state index is 12.1. The number of β-lactam (4-membered cyclic amide) rings is 1. The molecular weight excluding hydrogens is 435 g/mol. The second-order valence-corrected chi connectivity index (χ2v) is 9.01. The molecule has 7 nitrogen and oxygen atoms in total. The number of hydrogen-bond donors (Lipinski definition) is 0. The number of fused-ring (bicyclic) bond motifs is 1. The van der Waals surface area contributed by atoms with Gasteiger partial charge in [-0.15, -0.1) is 11.8 Å². The summed E-state index contributed by atoms with van der Waals surface area (Å²) in [5.74, 6) is -1.10. The molecule has 0 N–H and O–H groups in total. The summed E-state index contributed by atoms with van der Waals surface area (Å²) in [7, 11) is 0. The van der Waals surface area contributed by atoms with Crippen molar-refractivity contribution in [3.05, 3.63) is 10.6 Å². The molecule has 2 heterocycles. The predicted octanol–water partition coefficient (Wildman–Crippen LogP) is -1.13. The summed E-state index contributed by atoms with van der Waals surface area (Å²) in [6, 6.07) is -0.0705. The fraction of sp³-hybridized carbons (Fsp3) is 0.688. The maximum absolute atomic E-state index is 12.1. The summed E-state index contributed by atoms with van der Waals surface area (Å²) in [5.41, 5.74) is -0.600. The molecule has 0 aromatic heterocycles. The van der Waals surface area contributed by atoms with Gasteiger partial charge in [0.15, 0.2) is 0 Å². The molecule has 0 saturated carbocycles. The Morgan fingerprint density at radius 1 is 1.42 bits per heavy atom. The summed E-state index contributed by atoms with van der Waals surface area (Å²) < 4.78 is 6.50. The molecule has 0 aromatic carbocycles. The molecule has 2 amide bonds. The first-order valence-electron chi connectivity index (χ1n) is 8.13. The van der Waals surface area contributed by atoms with Gasteiger partial charge in [0.25, 0.3) is 0 Å². The second-order valence-electron chi connectivity index (χ2n) is 6.97. The number of halogens is 1. The Bertz CT molecular complexity index is 622. The van der Waals surface area contributed by atoms with E-state index in [4.69, 9.17) is 4.74 Å². The summed E-state index contributed by atoms with van der Waals surface area (Å²) >= 11 is 4.48. The minimum absolute atomic E-state index is 0. The van der Waals surface area contributed by atoms with Gasteiger partial charge < -0.3 is 19.5 Å². The smallest absolute Gasteiger partial charge is 0.543 e. The van der Waals surface area contributed by atoms with Crippen molar-refractivity contribution < 1.29 is 53.8 Å². The zero-order valence-corrected chi connectivity index (χ0v) is 20.1. The Hall–Kier alpha value is -0.220. The maximum Gasteiger partial charge on any atom is 1.00 e. The summed E-state index contributed by atoms with van der Waals surface area (Å²) in [4.78, 5) is 37.4. The Balaban J connectivity index is 0.00000338. The van der Waals surface area contributed by atoms with Gasteiger partial charge in [0.05, 0.1) is 39.8 Å². The van der Waals surface area contributed by atoms with Crippen molar-refractivity contribution in [1.29, 1.82) is 0 Å². The van der Waals surface area contributed by atoms with Crippen LogP contribution in [0.4, 0.5) is 4.79 Å². The van der Waals surface area contributed by atoms with Gasteiger partial charge in [-0.1, -0.05) is 6.92 Å². The van der Waals surface area contributed by atoms with Crippen LogP contribution in [0.3, 0.4) is 0 Å². The van der Waals surface area contributed by atoms with Crippen LogP contribution in [0.5, 0.6) is 0 Å². The third-order valence-corrected chi connectivity index (χ3v) is 5.78. The number of carboxylic acids is 1. The molecule has 2 aliphatic heterocycles. The number of thioether (sulfide) groups is 1. The first kappa shape index (κ1) is 23.8. The average Bonchev–Trinajstić information content (AvgIpc) is 2.81. The van der Waals surface area contributed by atoms with E-state index in [1.807, 2.05) is 6.92 Å². The third-order valence-electron chi connectivity index (χ3n) is 4.04. The molecule has 26 heavy (non-hydrogen) atoms. The van der Waals surface area contributed by atoms with E-state index in [9.17, 15) is 19.5 Å². The van der Waals surface area contributed by atoms with Crippen LogP contribution in [-0.2, 0) is 14.3 Å². The fourth-order valence-electron chi connectivity index (χ4n) is 2.97. The second kappa shape index (κ2) is 9.32. The molecule has 2 aliphatic rings. The Morgan fingerprint density at radius 2 is 2.04 bits per heavy atom. The normalized spacial score (nSPS) is 21.7. The van der Waals surface area contributed by atoms with Gasteiger partial charge in [-0.05, 0) is 27.2 Å². The van der Waals surface area contributed by atoms with Gasteiger partial charge >= 0.3 is 35.7 Å². The number of nitrogens with zero attached hydrogens (tertiary/aromatic N) is 2. The third kappa shape index (κ3) is 5.19. The number of hydrogen-bond acceptors (Lipinski definition) is 6. The van der Waals surface area contributed by atoms with Gasteiger partial charge in [-0.3, -0.25) is 4.79 Å². The molecule has 140 valence electrons. The van der Waals surface area contributed by atoms with E-state index >= 15 is 0 Å². The SMILES string of the molecule is CCC1C(=O)N2C(C(=O)[O-])=C(SCCN(Br)C(=O)OC(C)(C)C)CC12.[Na+]. The Labute approximate surface area is 188 Å². The summed E-state index contributed by atoms with van der Waals surface area (Å²) in [6.07, 6.45) is 0.734. The standard InChI is InChI=1S/C16H23BrN2O5S.Na/c1-5-9-10-8-11(12(14(21)22)19(10)13(9)20)25-7-6-18(17)15(23)24-16(2,3)4;/h9-10H,5-8H2,1-4H3,(H,21,22);/q;+1/p-1. The van der Waals surface area contributed by atoms with Crippen LogP contribution in [0.15, 0.2) is 10.6 Å².